The summed E-state index contributed by atoms with van der Waals surface area (Å²) in [6, 6.07) is 15.4. The van der Waals surface area contributed by atoms with Crippen LogP contribution in [0, 0.1) is 0 Å². The lowest BCUT2D eigenvalue weighted by molar-refractivity contribution is -0.134. The van der Waals surface area contributed by atoms with Crippen molar-refractivity contribution < 1.29 is 9.53 Å². The molecule has 0 aliphatic carbocycles. The van der Waals surface area contributed by atoms with Crippen molar-refractivity contribution in [1.29, 1.82) is 0 Å². The van der Waals surface area contributed by atoms with Crippen molar-refractivity contribution in [2.24, 2.45) is 5.10 Å². The van der Waals surface area contributed by atoms with Crippen LogP contribution in [0.2, 0.25) is 5.02 Å². The monoisotopic (exact) mass is 411 g/mol. The summed E-state index contributed by atoms with van der Waals surface area (Å²) in [6.07, 6.45) is 4.24. The van der Waals surface area contributed by atoms with Gasteiger partial charge < -0.3 is 4.74 Å². The SMILES string of the molecule is COc1cccc(C2=NN(C(=O)CN3CCCCC3)[C@@H](c3ccc(Cl)cc3)C2)c1. The minimum Gasteiger partial charge on any atom is -0.497 e. The van der Waals surface area contributed by atoms with E-state index in [9.17, 15) is 4.79 Å². The summed E-state index contributed by atoms with van der Waals surface area (Å²) in [5.74, 6) is 0.830. The molecule has 0 saturated carbocycles. The number of carbonyl (C=O) groups is 1. The highest BCUT2D eigenvalue weighted by Crippen LogP contribution is 2.34. The van der Waals surface area contributed by atoms with Crippen molar-refractivity contribution >= 4 is 23.2 Å². The van der Waals surface area contributed by atoms with Gasteiger partial charge >= 0.3 is 0 Å². The highest BCUT2D eigenvalue weighted by molar-refractivity contribution is 6.30. The minimum absolute atomic E-state index is 0.0461. The Balaban J connectivity index is 1.61. The second-order valence-corrected chi connectivity index (χ2v) is 8.06. The third kappa shape index (κ3) is 4.62. The Labute approximate surface area is 176 Å². The molecule has 1 amide bonds. The number of benzene rings is 2. The van der Waals surface area contributed by atoms with Crippen LogP contribution in [-0.4, -0.2) is 48.3 Å². The number of hydrazone groups is 1. The van der Waals surface area contributed by atoms with E-state index in [2.05, 4.69) is 4.90 Å². The molecule has 5 nitrogen and oxygen atoms in total. The van der Waals surface area contributed by atoms with Gasteiger partial charge in [0, 0.05) is 17.0 Å². The van der Waals surface area contributed by atoms with Crippen molar-refractivity contribution in [2.45, 2.75) is 31.7 Å². The molecule has 1 fully saturated rings. The number of methoxy groups -OCH3 is 1. The number of amides is 1. The molecule has 4 rings (SSSR count). The summed E-state index contributed by atoms with van der Waals surface area (Å²) in [5.41, 5.74) is 2.93. The number of piperidine rings is 1. The summed E-state index contributed by atoms with van der Waals surface area (Å²) >= 11 is 6.07. The van der Waals surface area contributed by atoms with E-state index in [1.807, 2.05) is 48.5 Å². The van der Waals surface area contributed by atoms with Crippen molar-refractivity contribution in [3.8, 4) is 5.75 Å². The summed E-state index contributed by atoms with van der Waals surface area (Å²) in [4.78, 5) is 15.4. The molecule has 1 atom stereocenters. The van der Waals surface area contributed by atoms with E-state index in [4.69, 9.17) is 21.4 Å². The Kier molecular flexibility index (Phi) is 6.16. The third-order valence-corrected chi connectivity index (χ3v) is 5.88. The molecular weight excluding hydrogens is 386 g/mol. The number of ether oxygens (including phenoxy) is 1. The largest absolute Gasteiger partial charge is 0.497 e. The Morgan fingerprint density at radius 2 is 1.90 bits per heavy atom. The average Bonchev–Trinajstić information content (AvgIpc) is 3.21. The lowest BCUT2D eigenvalue weighted by Crippen LogP contribution is -2.40. The molecule has 2 aliphatic heterocycles. The summed E-state index contributed by atoms with van der Waals surface area (Å²) in [6.45, 7) is 2.38. The van der Waals surface area contributed by atoms with Crippen LogP contribution < -0.4 is 4.74 Å². The molecule has 2 heterocycles. The van der Waals surface area contributed by atoms with Crippen LogP contribution in [0.3, 0.4) is 0 Å². The van der Waals surface area contributed by atoms with Crippen LogP contribution in [-0.2, 0) is 4.79 Å². The summed E-state index contributed by atoms with van der Waals surface area (Å²) in [5, 5.41) is 7.12. The number of halogens is 1. The van der Waals surface area contributed by atoms with Gasteiger partial charge in [0.1, 0.15) is 5.75 Å². The first kappa shape index (κ1) is 19.9. The average molecular weight is 412 g/mol. The molecule has 0 N–H and O–H groups in total. The fourth-order valence-electron chi connectivity index (χ4n) is 4.04. The second kappa shape index (κ2) is 8.97. The van der Waals surface area contributed by atoms with E-state index in [-0.39, 0.29) is 11.9 Å². The van der Waals surface area contributed by atoms with Crippen molar-refractivity contribution in [2.75, 3.05) is 26.7 Å². The maximum atomic E-state index is 13.2. The van der Waals surface area contributed by atoms with Gasteiger partial charge in [-0.3, -0.25) is 9.69 Å². The quantitative estimate of drug-likeness (QED) is 0.727. The first-order chi connectivity index (χ1) is 14.1. The second-order valence-electron chi connectivity index (χ2n) is 7.63. The van der Waals surface area contributed by atoms with Crippen LogP contribution >= 0.6 is 11.6 Å². The first-order valence-corrected chi connectivity index (χ1v) is 10.5. The molecular formula is C23H26ClN3O2. The van der Waals surface area contributed by atoms with Crippen LogP contribution in [0.5, 0.6) is 5.75 Å². The highest BCUT2D eigenvalue weighted by Gasteiger charge is 2.34. The maximum absolute atomic E-state index is 13.2. The van der Waals surface area contributed by atoms with Gasteiger partial charge in [-0.25, -0.2) is 5.01 Å². The third-order valence-electron chi connectivity index (χ3n) is 5.63. The molecule has 29 heavy (non-hydrogen) atoms. The summed E-state index contributed by atoms with van der Waals surface area (Å²) < 4.78 is 5.36. The lowest BCUT2D eigenvalue weighted by Gasteiger charge is -2.29. The van der Waals surface area contributed by atoms with E-state index in [1.54, 1.807) is 12.1 Å². The molecule has 0 radical (unpaired) electrons. The number of likely N-dealkylation sites (tertiary alicyclic amines) is 1. The fraction of sp³-hybridized carbons (Fsp3) is 0.391. The first-order valence-electron chi connectivity index (χ1n) is 10.2. The minimum atomic E-state index is -0.120. The van der Waals surface area contributed by atoms with Crippen LogP contribution in [0.4, 0.5) is 0 Å². The number of rotatable bonds is 5. The van der Waals surface area contributed by atoms with E-state index in [0.29, 0.717) is 18.0 Å². The van der Waals surface area contributed by atoms with Gasteiger partial charge in [-0.05, 0) is 55.8 Å². The van der Waals surface area contributed by atoms with E-state index >= 15 is 0 Å². The number of hydrogen-bond donors (Lipinski definition) is 0. The van der Waals surface area contributed by atoms with Crippen molar-refractivity contribution in [3.63, 3.8) is 0 Å². The molecule has 0 spiro atoms. The normalized spacial score (nSPS) is 19.9. The molecule has 0 aromatic heterocycles. The van der Waals surface area contributed by atoms with Gasteiger partial charge in [-0.15, -0.1) is 0 Å². The standard InChI is InChI=1S/C23H26ClN3O2/c1-29-20-7-5-6-18(14-20)21-15-22(17-8-10-19(24)11-9-17)27(25-21)23(28)16-26-12-3-2-4-13-26/h5-11,14,22H,2-4,12-13,15-16H2,1H3/t22-/m1/s1. The lowest BCUT2D eigenvalue weighted by atomic mass is 9.98. The zero-order chi connectivity index (χ0) is 20.2. The molecule has 6 heteroatoms. The Bertz CT molecular complexity index is 891. The topological polar surface area (TPSA) is 45.1 Å². The smallest absolute Gasteiger partial charge is 0.257 e. The molecule has 0 bridgehead atoms. The van der Waals surface area contributed by atoms with Crippen LogP contribution in [0.1, 0.15) is 42.9 Å². The Morgan fingerprint density at radius 3 is 2.62 bits per heavy atom. The zero-order valence-corrected chi connectivity index (χ0v) is 17.4. The van der Waals surface area contributed by atoms with Crippen molar-refractivity contribution in [1.82, 2.24) is 9.91 Å². The van der Waals surface area contributed by atoms with Crippen LogP contribution in [0.15, 0.2) is 53.6 Å². The maximum Gasteiger partial charge on any atom is 0.257 e. The number of carbonyl (C=O) groups excluding carboxylic acids is 1. The summed E-state index contributed by atoms with van der Waals surface area (Å²) in [7, 11) is 1.65. The fourth-order valence-corrected chi connectivity index (χ4v) is 4.17. The van der Waals surface area contributed by atoms with Gasteiger partial charge in [-0.1, -0.05) is 42.3 Å². The Morgan fingerprint density at radius 1 is 1.14 bits per heavy atom. The van der Waals surface area contributed by atoms with Crippen LogP contribution in [0.25, 0.3) is 0 Å². The predicted octanol–water partition coefficient (Wildman–Crippen LogP) is 4.51. The zero-order valence-electron chi connectivity index (χ0n) is 16.7. The van der Waals surface area contributed by atoms with E-state index in [0.717, 1.165) is 48.5 Å². The molecule has 2 aliphatic rings. The molecule has 2 aromatic rings. The van der Waals surface area contributed by atoms with Gasteiger partial charge in [0.05, 0.1) is 25.4 Å². The van der Waals surface area contributed by atoms with Crippen molar-refractivity contribution in [3.05, 3.63) is 64.7 Å². The molecule has 2 aromatic carbocycles. The molecule has 152 valence electrons. The predicted molar refractivity (Wildman–Crippen MR) is 115 cm³/mol. The molecule has 1 saturated heterocycles. The number of hydrogen-bond acceptors (Lipinski definition) is 4. The Hall–Kier alpha value is -2.37. The van der Waals surface area contributed by atoms with E-state index < -0.39 is 0 Å². The van der Waals surface area contributed by atoms with Gasteiger partial charge in [-0.2, -0.15) is 5.10 Å². The van der Waals surface area contributed by atoms with E-state index in [1.165, 1.54) is 6.42 Å². The van der Waals surface area contributed by atoms with Gasteiger partial charge in [0.15, 0.2) is 0 Å². The number of nitrogens with zero attached hydrogens (tertiary/aromatic N) is 3. The molecule has 0 unspecified atom stereocenters. The highest BCUT2D eigenvalue weighted by atomic mass is 35.5. The van der Waals surface area contributed by atoms with Gasteiger partial charge in [0.25, 0.3) is 5.91 Å². The van der Waals surface area contributed by atoms with Gasteiger partial charge in [0.2, 0.25) is 0 Å².